The van der Waals surface area contributed by atoms with Crippen LogP contribution in [0.2, 0.25) is 0 Å². The normalized spacial score (nSPS) is 11.8. The average Bonchev–Trinajstić information content (AvgIpc) is 3.28. The van der Waals surface area contributed by atoms with Crippen LogP contribution >= 0.6 is 0 Å². The van der Waals surface area contributed by atoms with Gasteiger partial charge in [-0.3, -0.25) is 15.0 Å². The molecule has 3 nitrogen and oxygen atoms in total. The predicted octanol–water partition coefficient (Wildman–Crippen LogP) is 15.1. The highest BCUT2D eigenvalue weighted by Crippen LogP contribution is 2.42. The van der Waals surface area contributed by atoms with Crippen LogP contribution in [0.15, 0.2) is 225 Å². The lowest BCUT2D eigenvalue weighted by atomic mass is 9.87. The van der Waals surface area contributed by atoms with Crippen LogP contribution in [0, 0.1) is 0 Å². The van der Waals surface area contributed by atoms with Gasteiger partial charge in [0.1, 0.15) is 0 Å². The van der Waals surface area contributed by atoms with Crippen molar-refractivity contribution >= 4 is 49.4 Å². The minimum atomic E-state index is 0.907. The van der Waals surface area contributed by atoms with Crippen molar-refractivity contribution in [2.45, 2.75) is 20.8 Å². The Bertz CT molecular complexity index is 2810. The van der Waals surface area contributed by atoms with Crippen LogP contribution in [0.5, 0.6) is 0 Å². The van der Waals surface area contributed by atoms with Crippen LogP contribution in [-0.4, -0.2) is 16.2 Å². The molecule has 8 rings (SSSR count). The largest absolute Gasteiger partial charge is 0.269 e. The van der Waals surface area contributed by atoms with Crippen LogP contribution in [0.3, 0.4) is 0 Å². The van der Waals surface area contributed by atoms with Gasteiger partial charge in [0.25, 0.3) is 0 Å². The highest BCUT2D eigenvalue weighted by molar-refractivity contribution is 6.27. The van der Waals surface area contributed by atoms with Crippen molar-refractivity contribution in [3.8, 4) is 33.4 Å². The summed E-state index contributed by atoms with van der Waals surface area (Å²) in [5.41, 5.74) is 11.5. The molecule has 0 fully saturated rings. The van der Waals surface area contributed by atoms with Crippen LogP contribution in [0.1, 0.15) is 20.8 Å². The summed E-state index contributed by atoms with van der Waals surface area (Å²) in [6.45, 7) is 20.3. The second-order valence-corrected chi connectivity index (χ2v) is 13.4. The summed E-state index contributed by atoms with van der Waals surface area (Å²) in [7, 11) is 0. The molecular weight excluding hydrogens is 691 g/mol. The number of aromatic nitrogens is 2. The Labute approximate surface area is 336 Å². The van der Waals surface area contributed by atoms with E-state index in [4.69, 9.17) is 0 Å². The molecule has 2 aromatic heterocycles. The van der Waals surface area contributed by atoms with Crippen LogP contribution < -0.4 is 0 Å². The van der Waals surface area contributed by atoms with Gasteiger partial charge in [-0.2, -0.15) is 0 Å². The van der Waals surface area contributed by atoms with E-state index in [0.29, 0.717) is 0 Å². The lowest BCUT2D eigenvalue weighted by molar-refractivity contribution is 1.33. The molecule has 0 N–H and O–H groups in total. The van der Waals surface area contributed by atoms with Gasteiger partial charge in [-0.05, 0) is 134 Å². The van der Waals surface area contributed by atoms with Gasteiger partial charge in [0.2, 0.25) is 0 Å². The number of fused-ring (bicyclic) bond motifs is 1. The van der Waals surface area contributed by atoms with Crippen molar-refractivity contribution in [3.63, 3.8) is 0 Å². The number of allylic oxidation sites excluding steroid dienone is 9. The fourth-order valence-electron chi connectivity index (χ4n) is 6.83. The highest BCUT2D eigenvalue weighted by Gasteiger charge is 2.15. The number of benzene rings is 6. The number of hydrogen-bond acceptors (Lipinski definition) is 3. The molecule has 6 aromatic carbocycles. The second kappa shape index (κ2) is 18.9. The monoisotopic (exact) mass is 737 g/mol. The molecule has 0 radical (unpaired) electrons. The summed E-state index contributed by atoms with van der Waals surface area (Å²) >= 11 is 0. The molecule has 3 heteroatoms. The molecule has 0 unspecified atom stereocenters. The van der Waals surface area contributed by atoms with Gasteiger partial charge in [0.15, 0.2) is 0 Å². The van der Waals surface area contributed by atoms with E-state index in [1.165, 1.54) is 71.3 Å². The molecule has 0 aliphatic heterocycles. The van der Waals surface area contributed by atoms with Gasteiger partial charge >= 0.3 is 0 Å². The van der Waals surface area contributed by atoms with E-state index in [2.05, 4.69) is 150 Å². The minimum Gasteiger partial charge on any atom is -0.269 e. The smallest absolute Gasteiger partial charge is 0.0702 e. The molecule has 0 saturated heterocycles. The quantitative estimate of drug-likeness (QED) is 0.0840. The van der Waals surface area contributed by atoms with Gasteiger partial charge in [-0.25, -0.2) is 0 Å². The fourth-order valence-corrected chi connectivity index (χ4v) is 6.83. The van der Waals surface area contributed by atoms with E-state index in [9.17, 15) is 0 Å². The van der Waals surface area contributed by atoms with E-state index in [0.717, 1.165) is 22.0 Å². The molecule has 0 spiro atoms. The van der Waals surface area contributed by atoms with Gasteiger partial charge < -0.3 is 0 Å². The van der Waals surface area contributed by atoms with Crippen molar-refractivity contribution in [1.29, 1.82) is 0 Å². The number of aliphatic imine (C=N–C) groups is 1. The van der Waals surface area contributed by atoms with Crippen molar-refractivity contribution in [2.75, 3.05) is 0 Å². The molecule has 278 valence electrons. The van der Waals surface area contributed by atoms with Crippen LogP contribution in [0.4, 0.5) is 0 Å². The first-order chi connectivity index (χ1) is 27.9. The molecule has 57 heavy (non-hydrogen) atoms. The van der Waals surface area contributed by atoms with Crippen molar-refractivity contribution in [2.24, 2.45) is 4.99 Å². The Kier molecular flexibility index (Phi) is 13.1. The van der Waals surface area contributed by atoms with E-state index in [1.54, 1.807) is 18.4 Å². The summed E-state index contributed by atoms with van der Waals surface area (Å²) in [5.74, 6) is 0. The van der Waals surface area contributed by atoms with E-state index < -0.39 is 0 Å². The van der Waals surface area contributed by atoms with Gasteiger partial charge in [-0.1, -0.05) is 148 Å². The minimum absolute atomic E-state index is 0.907. The van der Waals surface area contributed by atoms with Crippen molar-refractivity contribution in [3.05, 3.63) is 220 Å². The molecule has 0 amide bonds. The summed E-state index contributed by atoms with van der Waals surface area (Å²) < 4.78 is 0. The van der Waals surface area contributed by atoms with Crippen molar-refractivity contribution in [1.82, 2.24) is 9.97 Å². The van der Waals surface area contributed by atoms with Gasteiger partial charge in [0, 0.05) is 36.4 Å². The summed E-state index contributed by atoms with van der Waals surface area (Å²) in [6, 6.07) is 41.8. The lowest BCUT2D eigenvalue weighted by Gasteiger charge is -2.17. The molecule has 0 aliphatic rings. The SMILES string of the molecule is C=C/C=C\C(=C)C=C.C=CC(=C\N=CC)/C(C)=C/C.c1cnc2ccc(-c3ccc4ccc5c(-c6ccc(-c7ccncc7)cc6)ccc6ccc3c4c65)cc2c1. The Morgan fingerprint density at radius 3 is 1.81 bits per heavy atom. The first-order valence-corrected chi connectivity index (χ1v) is 19.0. The highest BCUT2D eigenvalue weighted by atomic mass is 14.7. The third-order valence-electron chi connectivity index (χ3n) is 9.97. The van der Waals surface area contributed by atoms with Gasteiger partial charge in [-0.15, -0.1) is 0 Å². The Balaban J connectivity index is 0.000000242. The second-order valence-electron chi connectivity index (χ2n) is 13.4. The first-order valence-electron chi connectivity index (χ1n) is 19.0. The third kappa shape index (κ3) is 9.02. The number of rotatable bonds is 9. The standard InChI is InChI=1S/C36H22N2.C10H15N.C8H10/c1-2-29-22-28(11-16-34(29)38-19-1)31-13-8-27-9-14-32-30(12-7-26-10-15-33(31)36(27)35(26)32)25-5-3-23(4-6-25)24-17-20-37-21-18-24;1-5-9(4)10(6-2)8-11-7-3;1-4-6-7-8(3)5-2/h1-22H;5-8H,2H2,1,3-4H3;4-7H,1-3H2/b;9-5+,10-8+,11-7?;7-6-. The average molecular weight is 738 g/mol. The van der Waals surface area contributed by atoms with Crippen LogP contribution in [0.25, 0.3) is 76.6 Å². The van der Waals surface area contributed by atoms with Gasteiger partial charge in [0.05, 0.1) is 5.52 Å². The molecule has 8 aromatic rings. The maximum absolute atomic E-state index is 4.50. The lowest BCUT2D eigenvalue weighted by Crippen LogP contribution is -1.90. The predicted molar refractivity (Wildman–Crippen MR) is 250 cm³/mol. The van der Waals surface area contributed by atoms with E-state index in [1.807, 2.05) is 75.9 Å². The topological polar surface area (TPSA) is 38.1 Å². The maximum atomic E-state index is 4.50. The summed E-state index contributed by atoms with van der Waals surface area (Å²) in [4.78, 5) is 12.7. The zero-order valence-corrected chi connectivity index (χ0v) is 33.0. The zero-order chi connectivity index (χ0) is 40.1. The number of hydrogen-bond donors (Lipinski definition) is 0. The molecule has 0 saturated carbocycles. The van der Waals surface area contributed by atoms with E-state index in [-0.39, 0.29) is 0 Å². The molecular formula is C54H47N3. The van der Waals surface area contributed by atoms with Crippen molar-refractivity contribution < 1.29 is 0 Å². The van der Waals surface area contributed by atoms with Crippen LogP contribution in [-0.2, 0) is 0 Å². The molecule has 0 bridgehead atoms. The molecule has 0 aliphatic carbocycles. The third-order valence-corrected chi connectivity index (χ3v) is 9.97. The Hall–Kier alpha value is -7.23. The number of nitrogens with zero attached hydrogens (tertiary/aromatic N) is 3. The summed E-state index contributed by atoms with van der Waals surface area (Å²) in [6.07, 6.45) is 20.0. The Morgan fingerprint density at radius 2 is 1.21 bits per heavy atom. The zero-order valence-electron chi connectivity index (χ0n) is 33.0. The molecule has 0 atom stereocenters. The Morgan fingerprint density at radius 1 is 0.614 bits per heavy atom. The first kappa shape index (κ1) is 39.5. The van der Waals surface area contributed by atoms with E-state index >= 15 is 0 Å². The number of pyridine rings is 2. The molecule has 2 heterocycles. The maximum Gasteiger partial charge on any atom is 0.0702 e. The summed E-state index contributed by atoms with van der Waals surface area (Å²) in [5, 5.41) is 8.95. The fraction of sp³-hybridized carbons (Fsp3) is 0.0556.